The number of hydrogen-bond acceptors (Lipinski definition) is 8. The van der Waals surface area contributed by atoms with Gasteiger partial charge in [-0.25, -0.2) is 4.39 Å². The summed E-state index contributed by atoms with van der Waals surface area (Å²) >= 11 is 0. The van der Waals surface area contributed by atoms with Crippen LogP contribution in [0.15, 0.2) is 23.8 Å². The Morgan fingerprint density at radius 3 is 2.55 bits per heavy atom. The quantitative estimate of drug-likeness (QED) is 0.493. The second-order valence-electron chi connectivity index (χ2n) is 12.3. The summed E-state index contributed by atoms with van der Waals surface area (Å²) in [6, 6.07) is 0. The molecule has 0 amide bonds. The van der Waals surface area contributed by atoms with Gasteiger partial charge in [-0.2, -0.15) is 0 Å². The molecule has 38 heavy (non-hydrogen) atoms. The van der Waals surface area contributed by atoms with Crippen molar-refractivity contribution < 1.29 is 48.0 Å². The molecular formula is C28H35FO9. The summed E-state index contributed by atoms with van der Waals surface area (Å²) in [5, 5.41) is 20.4. The van der Waals surface area contributed by atoms with Crippen LogP contribution in [-0.4, -0.2) is 69.6 Å². The molecule has 208 valence electrons. The Morgan fingerprint density at radius 1 is 1.16 bits per heavy atom. The minimum absolute atomic E-state index is 0.0933. The molecule has 1 heterocycles. The number of carbonyl (C=O) groups excluding carboxylic acids is 3. The molecule has 0 aromatic carbocycles. The van der Waals surface area contributed by atoms with Crippen LogP contribution in [0.5, 0.6) is 0 Å². The van der Waals surface area contributed by atoms with Gasteiger partial charge < -0.3 is 24.4 Å². The number of carboxylic acids is 1. The Morgan fingerprint density at radius 2 is 1.87 bits per heavy atom. The van der Waals surface area contributed by atoms with Crippen molar-refractivity contribution in [2.75, 3.05) is 6.61 Å². The number of rotatable bonds is 6. The predicted octanol–water partition coefficient (Wildman–Crippen LogP) is 2.83. The number of ether oxygens (including phenoxy) is 3. The summed E-state index contributed by atoms with van der Waals surface area (Å²) in [5.74, 6) is -4.90. The third kappa shape index (κ3) is 3.52. The summed E-state index contributed by atoms with van der Waals surface area (Å²) in [6.07, 6.45) is 2.50. The molecule has 1 aliphatic heterocycles. The van der Waals surface area contributed by atoms with Crippen LogP contribution in [0.2, 0.25) is 0 Å². The molecule has 0 unspecified atom stereocenters. The van der Waals surface area contributed by atoms with Crippen molar-refractivity contribution in [2.45, 2.75) is 95.5 Å². The minimum Gasteiger partial charge on any atom is -0.481 e. The highest BCUT2D eigenvalue weighted by Crippen LogP contribution is 2.72. The average molecular weight is 535 g/mol. The lowest BCUT2D eigenvalue weighted by Gasteiger charge is -2.62. The molecule has 4 fully saturated rings. The van der Waals surface area contributed by atoms with Crippen molar-refractivity contribution in [3.8, 4) is 0 Å². The first-order valence-electron chi connectivity index (χ1n) is 13.2. The maximum Gasteiger partial charge on any atom is 0.306 e. The van der Waals surface area contributed by atoms with E-state index in [1.807, 2.05) is 6.92 Å². The average Bonchev–Trinajstić information content (AvgIpc) is 3.23. The summed E-state index contributed by atoms with van der Waals surface area (Å²) in [7, 11) is 0. The van der Waals surface area contributed by atoms with Crippen molar-refractivity contribution in [1.82, 2.24) is 0 Å². The third-order valence-corrected chi connectivity index (χ3v) is 9.96. The Balaban J connectivity index is 1.50. The fourth-order valence-corrected chi connectivity index (χ4v) is 8.34. The first-order valence-corrected chi connectivity index (χ1v) is 13.2. The van der Waals surface area contributed by atoms with Crippen LogP contribution in [0.25, 0.3) is 0 Å². The Bertz CT molecular complexity index is 1160. The zero-order chi connectivity index (χ0) is 27.9. The molecule has 8 atom stereocenters. The highest BCUT2D eigenvalue weighted by molar-refractivity contribution is 6.01. The lowest BCUT2D eigenvalue weighted by Crippen LogP contribution is -2.70. The molecule has 2 N–H and O–H groups in total. The number of ketones is 2. The van der Waals surface area contributed by atoms with Crippen LogP contribution < -0.4 is 0 Å². The number of Topliss-reactive ketones (excluding diaryl/α,β-unsaturated/α-hetero) is 1. The number of carbonyl (C=O) groups is 4. The van der Waals surface area contributed by atoms with Crippen molar-refractivity contribution >= 4 is 23.5 Å². The fraction of sp³-hybridized carbons (Fsp3) is 0.714. The molecular weight excluding hydrogens is 499 g/mol. The molecule has 0 bridgehead atoms. The Kier molecular flexibility index (Phi) is 6.10. The first kappa shape index (κ1) is 27.1. The molecule has 10 heteroatoms. The molecule has 3 saturated carbocycles. The number of aliphatic carboxylic acids is 1. The van der Waals surface area contributed by atoms with E-state index < -0.39 is 82.7 Å². The van der Waals surface area contributed by atoms with Crippen LogP contribution in [0.4, 0.5) is 4.39 Å². The van der Waals surface area contributed by atoms with E-state index in [-0.39, 0.29) is 18.6 Å². The van der Waals surface area contributed by atoms with Gasteiger partial charge in [0.1, 0.15) is 0 Å². The summed E-state index contributed by atoms with van der Waals surface area (Å²) in [4.78, 5) is 48.8. The maximum atomic E-state index is 17.4. The van der Waals surface area contributed by atoms with E-state index in [4.69, 9.17) is 19.3 Å². The Labute approximate surface area is 220 Å². The van der Waals surface area contributed by atoms with Gasteiger partial charge in [-0.3, -0.25) is 19.2 Å². The standard InChI is InChI=1S/C28H35FO9/c1-24(2)37-21-12-18-17-6-5-15-11-16(30)9-10-25(15,3)27(17,29)19(31)13-26(18,4)28(21,38-24)20(32)14-36-23(35)8-7-22(33)34/h9-11,17-19,21,31H,5-8,12-14H2,1-4H3,(H,33,34)/t17-,18-,19+,21+,25+,26+,27-,28-/m1/s1. The van der Waals surface area contributed by atoms with Gasteiger partial charge in [0.05, 0.1) is 25.0 Å². The normalized spacial score (nSPS) is 44.4. The van der Waals surface area contributed by atoms with Gasteiger partial charge in [-0.15, -0.1) is 0 Å². The van der Waals surface area contributed by atoms with E-state index >= 15 is 4.39 Å². The van der Waals surface area contributed by atoms with E-state index in [0.717, 1.165) is 0 Å². The van der Waals surface area contributed by atoms with Crippen molar-refractivity contribution in [3.05, 3.63) is 23.8 Å². The van der Waals surface area contributed by atoms with Gasteiger partial charge in [0, 0.05) is 16.7 Å². The van der Waals surface area contributed by atoms with Crippen molar-refractivity contribution in [1.29, 1.82) is 0 Å². The molecule has 9 nitrogen and oxygen atoms in total. The lowest BCUT2D eigenvalue weighted by atomic mass is 9.44. The van der Waals surface area contributed by atoms with Gasteiger partial charge in [0.25, 0.3) is 0 Å². The van der Waals surface area contributed by atoms with E-state index in [2.05, 4.69) is 0 Å². The van der Waals surface area contributed by atoms with E-state index in [9.17, 15) is 24.3 Å². The number of carboxylic acid groups (broad SMARTS) is 1. The van der Waals surface area contributed by atoms with Gasteiger partial charge in [-0.1, -0.05) is 18.6 Å². The summed E-state index contributed by atoms with van der Waals surface area (Å²) in [5.41, 5.74) is -5.20. The monoisotopic (exact) mass is 534 g/mol. The van der Waals surface area contributed by atoms with Crippen LogP contribution >= 0.6 is 0 Å². The molecule has 1 saturated heterocycles. The molecule has 5 rings (SSSR count). The second-order valence-corrected chi connectivity index (χ2v) is 12.3. The molecule has 0 spiro atoms. The largest absolute Gasteiger partial charge is 0.481 e. The van der Waals surface area contributed by atoms with Crippen molar-refractivity contribution in [2.24, 2.45) is 22.7 Å². The van der Waals surface area contributed by atoms with Crippen LogP contribution in [-0.2, 0) is 33.4 Å². The van der Waals surface area contributed by atoms with Gasteiger partial charge in [0.15, 0.2) is 29.4 Å². The minimum atomic E-state index is -2.07. The van der Waals surface area contributed by atoms with Crippen LogP contribution in [0.3, 0.4) is 0 Å². The number of esters is 1. The van der Waals surface area contributed by atoms with Crippen LogP contribution in [0.1, 0.15) is 66.2 Å². The van der Waals surface area contributed by atoms with Gasteiger partial charge in [0.2, 0.25) is 5.78 Å². The number of fused-ring (bicyclic) bond motifs is 7. The molecule has 5 aliphatic rings. The maximum absolute atomic E-state index is 17.4. The molecule has 0 aromatic rings. The zero-order valence-corrected chi connectivity index (χ0v) is 22.1. The molecule has 4 aliphatic carbocycles. The lowest BCUT2D eigenvalue weighted by molar-refractivity contribution is -0.246. The van der Waals surface area contributed by atoms with E-state index in [1.54, 1.807) is 26.8 Å². The van der Waals surface area contributed by atoms with Gasteiger partial charge >= 0.3 is 11.9 Å². The number of aliphatic hydroxyl groups excluding tert-OH is 1. The number of alkyl halides is 1. The van der Waals surface area contributed by atoms with Crippen molar-refractivity contribution in [3.63, 3.8) is 0 Å². The highest BCUT2D eigenvalue weighted by atomic mass is 19.1. The summed E-state index contributed by atoms with van der Waals surface area (Å²) < 4.78 is 35.1. The smallest absolute Gasteiger partial charge is 0.306 e. The third-order valence-electron chi connectivity index (χ3n) is 9.96. The Hall–Kier alpha value is -2.43. The van der Waals surface area contributed by atoms with E-state index in [0.29, 0.717) is 24.8 Å². The van der Waals surface area contributed by atoms with Crippen LogP contribution in [0, 0.1) is 22.7 Å². The fourth-order valence-electron chi connectivity index (χ4n) is 8.34. The SMILES string of the molecule is CC1(C)O[C@H]2C[C@@H]3[C@H]4CCC5=CC(=O)C=C[C@]5(C)[C@]4(F)[C@@H](O)C[C@]3(C)[C@]2(C(=O)COC(=O)CCC(=O)O)O1. The van der Waals surface area contributed by atoms with E-state index in [1.165, 1.54) is 12.2 Å². The number of allylic oxidation sites excluding steroid dienone is 4. The first-order chi connectivity index (χ1) is 17.6. The molecule has 0 radical (unpaired) electrons. The number of halogens is 1. The number of aliphatic hydroxyl groups is 1. The molecule has 0 aromatic heterocycles. The predicted molar refractivity (Wildman–Crippen MR) is 129 cm³/mol. The highest BCUT2D eigenvalue weighted by Gasteiger charge is 2.80. The zero-order valence-electron chi connectivity index (χ0n) is 22.1. The summed E-state index contributed by atoms with van der Waals surface area (Å²) in [6.45, 7) is 6.26. The van der Waals surface area contributed by atoms with Gasteiger partial charge in [-0.05, 0) is 64.5 Å². The topological polar surface area (TPSA) is 136 Å². The second kappa shape index (κ2) is 8.53. The number of hydrogen-bond donors (Lipinski definition) is 2.